The number of carbonyl (C=O) groups excluding carboxylic acids is 1. The van der Waals surface area contributed by atoms with E-state index in [-0.39, 0.29) is 11.7 Å². The molecule has 1 heterocycles. The summed E-state index contributed by atoms with van der Waals surface area (Å²) in [6.45, 7) is 1.88. The molecule has 2 aromatic rings. The summed E-state index contributed by atoms with van der Waals surface area (Å²) >= 11 is 0. The Morgan fingerprint density at radius 1 is 1.14 bits per heavy atom. The quantitative estimate of drug-likeness (QED) is 0.913. The Kier molecular flexibility index (Phi) is 3.37. The molecule has 3 nitrogen and oxygen atoms in total. The van der Waals surface area contributed by atoms with Gasteiger partial charge in [-0.3, -0.25) is 4.79 Å². The van der Waals surface area contributed by atoms with Crippen LogP contribution in [-0.2, 0) is 11.2 Å². The summed E-state index contributed by atoms with van der Waals surface area (Å²) in [6.07, 6.45) is 1.14. The Labute approximate surface area is 122 Å². The molecule has 0 aromatic heterocycles. The zero-order valence-electron chi connectivity index (χ0n) is 12.0. The lowest BCUT2D eigenvalue weighted by atomic mass is 9.90. The Morgan fingerprint density at radius 3 is 2.67 bits per heavy atom. The van der Waals surface area contributed by atoms with Crippen LogP contribution in [0.2, 0.25) is 0 Å². The highest BCUT2D eigenvalue weighted by atomic mass is 19.1. The zero-order chi connectivity index (χ0) is 15.0. The average molecular weight is 285 g/mol. The molecule has 21 heavy (non-hydrogen) atoms. The van der Waals surface area contributed by atoms with E-state index in [1.165, 1.54) is 12.1 Å². The van der Waals surface area contributed by atoms with Crippen LogP contribution in [0, 0.1) is 12.7 Å². The first-order chi connectivity index (χ1) is 10.1. The van der Waals surface area contributed by atoms with Crippen molar-refractivity contribution in [2.75, 3.05) is 12.4 Å². The van der Waals surface area contributed by atoms with E-state index in [1.807, 2.05) is 19.1 Å². The summed E-state index contributed by atoms with van der Waals surface area (Å²) in [5.41, 5.74) is 4.67. The van der Waals surface area contributed by atoms with E-state index in [2.05, 4.69) is 5.32 Å². The van der Waals surface area contributed by atoms with Gasteiger partial charge in [0, 0.05) is 18.2 Å². The van der Waals surface area contributed by atoms with Gasteiger partial charge in [0.15, 0.2) is 0 Å². The van der Waals surface area contributed by atoms with Crippen LogP contribution < -0.4 is 10.1 Å². The van der Waals surface area contributed by atoms with E-state index in [9.17, 15) is 9.18 Å². The number of anilines is 1. The molecule has 108 valence electrons. The number of amides is 1. The SMILES string of the molecule is COc1cc2c(c(-c3ccc(F)cc3C)c1)CCC(=O)N2. The van der Waals surface area contributed by atoms with Gasteiger partial charge in [0.25, 0.3) is 0 Å². The minimum atomic E-state index is -0.249. The standard InChI is InChI=1S/C17H16FNO2/c1-10-7-11(18)3-4-13(10)15-8-12(21-2)9-16-14(15)5-6-17(20)19-16/h3-4,7-9H,5-6H2,1-2H3,(H,19,20). The molecule has 0 spiro atoms. The van der Waals surface area contributed by atoms with Gasteiger partial charge in [0.1, 0.15) is 11.6 Å². The number of rotatable bonds is 2. The van der Waals surface area contributed by atoms with E-state index in [1.54, 1.807) is 13.2 Å². The van der Waals surface area contributed by atoms with Gasteiger partial charge in [-0.15, -0.1) is 0 Å². The van der Waals surface area contributed by atoms with Crippen LogP contribution in [-0.4, -0.2) is 13.0 Å². The highest BCUT2D eigenvalue weighted by Crippen LogP contribution is 2.38. The lowest BCUT2D eigenvalue weighted by molar-refractivity contribution is -0.116. The van der Waals surface area contributed by atoms with Crippen LogP contribution in [0.1, 0.15) is 17.5 Å². The maximum absolute atomic E-state index is 13.3. The van der Waals surface area contributed by atoms with Crippen LogP contribution in [0.25, 0.3) is 11.1 Å². The fraction of sp³-hybridized carbons (Fsp3) is 0.235. The predicted molar refractivity (Wildman–Crippen MR) is 80.1 cm³/mol. The number of hydrogen-bond acceptors (Lipinski definition) is 2. The summed E-state index contributed by atoms with van der Waals surface area (Å²) in [4.78, 5) is 11.6. The Bertz CT molecular complexity index is 725. The molecule has 1 aliphatic heterocycles. The van der Waals surface area contributed by atoms with Crippen molar-refractivity contribution in [1.82, 2.24) is 0 Å². The molecule has 4 heteroatoms. The number of carbonyl (C=O) groups is 1. The highest BCUT2D eigenvalue weighted by Gasteiger charge is 2.20. The van der Waals surface area contributed by atoms with Crippen molar-refractivity contribution in [3.8, 4) is 16.9 Å². The normalized spacial score (nSPS) is 13.6. The van der Waals surface area contributed by atoms with Crippen molar-refractivity contribution in [3.63, 3.8) is 0 Å². The minimum absolute atomic E-state index is 0.0116. The van der Waals surface area contributed by atoms with Crippen LogP contribution in [0.4, 0.5) is 10.1 Å². The first-order valence-electron chi connectivity index (χ1n) is 6.86. The van der Waals surface area contributed by atoms with E-state index in [0.29, 0.717) is 18.6 Å². The van der Waals surface area contributed by atoms with Gasteiger partial charge in [0.05, 0.1) is 7.11 Å². The Morgan fingerprint density at radius 2 is 1.95 bits per heavy atom. The van der Waals surface area contributed by atoms with Crippen LogP contribution in [0.5, 0.6) is 5.75 Å². The van der Waals surface area contributed by atoms with Gasteiger partial charge >= 0.3 is 0 Å². The summed E-state index contributed by atoms with van der Waals surface area (Å²) in [7, 11) is 1.59. The fourth-order valence-electron chi connectivity index (χ4n) is 2.77. The highest BCUT2D eigenvalue weighted by molar-refractivity contribution is 5.96. The van der Waals surface area contributed by atoms with Crippen LogP contribution in [0.3, 0.4) is 0 Å². The summed E-state index contributed by atoms with van der Waals surface area (Å²) in [5.74, 6) is 0.438. The van der Waals surface area contributed by atoms with Gasteiger partial charge in [0.2, 0.25) is 5.91 Å². The zero-order valence-corrected chi connectivity index (χ0v) is 12.0. The monoisotopic (exact) mass is 285 g/mol. The van der Waals surface area contributed by atoms with Gasteiger partial charge in [-0.2, -0.15) is 0 Å². The maximum atomic E-state index is 13.3. The van der Waals surface area contributed by atoms with E-state index in [0.717, 1.165) is 27.9 Å². The van der Waals surface area contributed by atoms with Crippen LogP contribution in [0.15, 0.2) is 30.3 Å². The molecule has 3 rings (SSSR count). The lowest BCUT2D eigenvalue weighted by Crippen LogP contribution is -2.19. The number of fused-ring (bicyclic) bond motifs is 1. The molecule has 0 fully saturated rings. The smallest absolute Gasteiger partial charge is 0.224 e. The van der Waals surface area contributed by atoms with Crippen molar-refractivity contribution in [3.05, 3.63) is 47.3 Å². The molecule has 0 bridgehead atoms. The average Bonchev–Trinajstić information content (AvgIpc) is 2.46. The number of ether oxygens (including phenoxy) is 1. The van der Waals surface area contributed by atoms with Gasteiger partial charge < -0.3 is 10.1 Å². The number of hydrogen-bond donors (Lipinski definition) is 1. The Hall–Kier alpha value is -2.36. The lowest BCUT2D eigenvalue weighted by Gasteiger charge is -2.22. The molecule has 0 saturated heterocycles. The van der Waals surface area contributed by atoms with Crippen molar-refractivity contribution < 1.29 is 13.9 Å². The third-order valence-corrected chi connectivity index (χ3v) is 3.81. The molecular formula is C17H16FNO2. The largest absolute Gasteiger partial charge is 0.497 e. The second-order valence-electron chi connectivity index (χ2n) is 5.21. The summed E-state index contributed by atoms with van der Waals surface area (Å²) in [5, 5.41) is 2.88. The summed E-state index contributed by atoms with van der Waals surface area (Å²) < 4.78 is 18.6. The Balaban J connectivity index is 2.21. The minimum Gasteiger partial charge on any atom is -0.497 e. The van der Waals surface area contributed by atoms with E-state index in [4.69, 9.17) is 4.74 Å². The van der Waals surface area contributed by atoms with E-state index < -0.39 is 0 Å². The second kappa shape index (κ2) is 5.20. The molecule has 0 saturated carbocycles. The molecule has 1 N–H and O–H groups in total. The predicted octanol–water partition coefficient (Wildman–Crippen LogP) is 3.69. The number of methoxy groups -OCH3 is 1. The maximum Gasteiger partial charge on any atom is 0.224 e. The molecule has 0 aliphatic carbocycles. The number of benzene rings is 2. The first-order valence-corrected chi connectivity index (χ1v) is 6.86. The molecule has 0 radical (unpaired) electrons. The molecule has 0 unspecified atom stereocenters. The second-order valence-corrected chi connectivity index (χ2v) is 5.21. The summed E-state index contributed by atoms with van der Waals surface area (Å²) in [6, 6.07) is 8.51. The van der Waals surface area contributed by atoms with Crippen molar-refractivity contribution >= 4 is 11.6 Å². The first kappa shape index (κ1) is 13.6. The van der Waals surface area contributed by atoms with Crippen LogP contribution >= 0.6 is 0 Å². The number of halogens is 1. The van der Waals surface area contributed by atoms with Gasteiger partial charge in [-0.1, -0.05) is 6.07 Å². The van der Waals surface area contributed by atoms with Gasteiger partial charge in [-0.25, -0.2) is 4.39 Å². The molecule has 2 aromatic carbocycles. The molecule has 1 amide bonds. The van der Waals surface area contributed by atoms with E-state index >= 15 is 0 Å². The molecule has 1 aliphatic rings. The third kappa shape index (κ3) is 2.49. The van der Waals surface area contributed by atoms with Crippen molar-refractivity contribution in [2.45, 2.75) is 19.8 Å². The topological polar surface area (TPSA) is 38.3 Å². The van der Waals surface area contributed by atoms with Crippen molar-refractivity contribution in [1.29, 1.82) is 0 Å². The van der Waals surface area contributed by atoms with Crippen molar-refractivity contribution in [2.24, 2.45) is 0 Å². The number of nitrogens with one attached hydrogen (secondary N) is 1. The third-order valence-electron chi connectivity index (χ3n) is 3.81. The fourth-order valence-corrected chi connectivity index (χ4v) is 2.77. The number of aryl methyl sites for hydroxylation is 1. The molecular weight excluding hydrogens is 269 g/mol. The molecule has 0 atom stereocenters. The van der Waals surface area contributed by atoms with Gasteiger partial charge in [-0.05, 0) is 53.8 Å².